The van der Waals surface area contributed by atoms with Crippen LogP contribution in [0.4, 0.5) is 5.88 Å². The Kier molecular flexibility index (Phi) is 3.84. The van der Waals surface area contributed by atoms with Gasteiger partial charge >= 0.3 is 0 Å². The number of nitrogens with two attached hydrogens (primary N) is 1. The molecule has 0 fully saturated rings. The van der Waals surface area contributed by atoms with Crippen molar-refractivity contribution in [3.8, 4) is 6.07 Å². The van der Waals surface area contributed by atoms with E-state index in [1.165, 1.54) is 0 Å². The van der Waals surface area contributed by atoms with Crippen molar-refractivity contribution < 1.29 is 4.42 Å². The van der Waals surface area contributed by atoms with Gasteiger partial charge in [-0.1, -0.05) is 37.3 Å². The zero-order valence-corrected chi connectivity index (χ0v) is 12.5. The van der Waals surface area contributed by atoms with Gasteiger partial charge < -0.3 is 15.5 Å². The average molecular weight is 294 g/mol. The molecule has 0 aliphatic carbocycles. The van der Waals surface area contributed by atoms with Crippen LogP contribution in [-0.2, 0) is 12.8 Å². The molecule has 3 rings (SSSR count). The van der Waals surface area contributed by atoms with Crippen molar-refractivity contribution in [1.29, 1.82) is 5.26 Å². The van der Waals surface area contributed by atoms with E-state index in [0.29, 0.717) is 29.6 Å². The summed E-state index contributed by atoms with van der Waals surface area (Å²) in [6.07, 6.45) is 2.41. The molecular formula is C17H18N4O. The van der Waals surface area contributed by atoms with Gasteiger partial charge in [0.25, 0.3) is 0 Å². The van der Waals surface area contributed by atoms with Crippen molar-refractivity contribution in [2.45, 2.75) is 32.1 Å². The first kappa shape index (κ1) is 14.2. The van der Waals surface area contributed by atoms with E-state index < -0.39 is 0 Å². The smallest absolute Gasteiger partial charge is 0.223 e. The Hall–Kier alpha value is -2.74. The third kappa shape index (κ3) is 2.56. The van der Waals surface area contributed by atoms with Gasteiger partial charge in [0, 0.05) is 12.3 Å². The monoisotopic (exact) mass is 294 g/mol. The number of fused-ring (bicyclic) bond motifs is 1. The second-order valence-corrected chi connectivity index (χ2v) is 5.38. The Morgan fingerprint density at radius 3 is 2.82 bits per heavy atom. The van der Waals surface area contributed by atoms with Crippen LogP contribution in [0.5, 0.6) is 0 Å². The normalized spacial score (nSPS) is 16.8. The fraction of sp³-hybridized carbons (Fsp3) is 0.294. The topological polar surface area (TPSA) is 87.9 Å². The number of nitriles is 1. The zero-order valence-electron chi connectivity index (χ0n) is 12.5. The summed E-state index contributed by atoms with van der Waals surface area (Å²) < 4.78 is 5.73. The fourth-order valence-corrected chi connectivity index (χ4v) is 2.73. The molecule has 3 N–H and O–H groups in total. The quantitative estimate of drug-likeness (QED) is 0.904. The van der Waals surface area contributed by atoms with E-state index in [1.807, 2.05) is 30.3 Å². The summed E-state index contributed by atoms with van der Waals surface area (Å²) in [5.74, 6) is 1.44. The molecule has 22 heavy (non-hydrogen) atoms. The predicted octanol–water partition coefficient (Wildman–Crippen LogP) is 3.07. The van der Waals surface area contributed by atoms with E-state index >= 15 is 0 Å². The number of aromatic nitrogens is 1. The fourth-order valence-electron chi connectivity index (χ4n) is 2.73. The number of rotatable bonds is 4. The molecule has 0 saturated carbocycles. The molecule has 112 valence electrons. The summed E-state index contributed by atoms with van der Waals surface area (Å²) in [5.41, 5.74) is 8.43. The van der Waals surface area contributed by atoms with Crippen LogP contribution in [0.1, 0.15) is 36.4 Å². The molecule has 0 unspecified atom stereocenters. The van der Waals surface area contributed by atoms with Crippen molar-refractivity contribution >= 4 is 5.88 Å². The van der Waals surface area contributed by atoms with Crippen LogP contribution in [0.25, 0.3) is 0 Å². The predicted molar refractivity (Wildman–Crippen MR) is 83.8 cm³/mol. The zero-order chi connectivity index (χ0) is 15.5. The SMILES string of the molecule is CCCc1nc2c(o1)NC(N)=C(C#N)[C@@H]2Cc1ccccc1. The molecule has 0 bridgehead atoms. The minimum atomic E-state index is -0.169. The van der Waals surface area contributed by atoms with Gasteiger partial charge in [0.1, 0.15) is 11.5 Å². The van der Waals surface area contributed by atoms with E-state index in [9.17, 15) is 5.26 Å². The maximum absolute atomic E-state index is 9.46. The summed E-state index contributed by atoms with van der Waals surface area (Å²) in [6, 6.07) is 12.2. The molecule has 5 nitrogen and oxygen atoms in total. The number of nitrogens with zero attached hydrogens (tertiary/aromatic N) is 2. The van der Waals surface area contributed by atoms with Crippen LogP contribution < -0.4 is 11.1 Å². The summed E-state index contributed by atoms with van der Waals surface area (Å²) in [7, 11) is 0. The van der Waals surface area contributed by atoms with Crippen LogP contribution in [-0.4, -0.2) is 4.98 Å². The second kappa shape index (κ2) is 5.94. The Labute approximate surface area is 129 Å². The number of allylic oxidation sites excluding steroid dienone is 1. The van der Waals surface area contributed by atoms with Crippen molar-refractivity contribution in [2.24, 2.45) is 5.73 Å². The lowest BCUT2D eigenvalue weighted by atomic mass is 9.87. The molecule has 2 heterocycles. The summed E-state index contributed by atoms with van der Waals surface area (Å²) in [4.78, 5) is 4.58. The van der Waals surface area contributed by atoms with Gasteiger partial charge in [-0.3, -0.25) is 0 Å². The Balaban J connectivity index is 2.00. The summed E-state index contributed by atoms with van der Waals surface area (Å²) in [6.45, 7) is 2.07. The van der Waals surface area contributed by atoms with Gasteiger partial charge in [0.15, 0.2) is 5.89 Å². The molecular weight excluding hydrogens is 276 g/mol. The van der Waals surface area contributed by atoms with Crippen molar-refractivity contribution in [2.75, 3.05) is 5.32 Å². The summed E-state index contributed by atoms with van der Waals surface area (Å²) in [5, 5.41) is 12.4. The maximum atomic E-state index is 9.46. The molecule has 1 atom stereocenters. The first-order valence-corrected chi connectivity index (χ1v) is 7.43. The van der Waals surface area contributed by atoms with Gasteiger partial charge in [-0.05, 0) is 18.4 Å². The Morgan fingerprint density at radius 2 is 2.14 bits per heavy atom. The number of oxazole rings is 1. The number of nitrogens with one attached hydrogen (secondary N) is 1. The average Bonchev–Trinajstić information content (AvgIpc) is 2.91. The largest absolute Gasteiger partial charge is 0.425 e. The highest BCUT2D eigenvalue weighted by Crippen LogP contribution is 2.38. The van der Waals surface area contributed by atoms with Crippen molar-refractivity contribution in [3.63, 3.8) is 0 Å². The Bertz CT molecular complexity index is 740. The third-order valence-electron chi connectivity index (χ3n) is 3.78. The van der Waals surface area contributed by atoms with Crippen molar-refractivity contribution in [3.05, 3.63) is 58.9 Å². The third-order valence-corrected chi connectivity index (χ3v) is 3.78. The first-order chi connectivity index (χ1) is 10.7. The van der Waals surface area contributed by atoms with Crippen LogP contribution in [0.15, 0.2) is 46.1 Å². The number of anilines is 1. The standard InChI is InChI=1S/C17H18N4O/c1-2-6-14-20-15-12(9-11-7-4-3-5-8-11)13(10-18)16(19)21-17(15)22-14/h3-5,7-8,12,21H,2,6,9,19H2,1H3/t12-/m0/s1. The Morgan fingerprint density at radius 1 is 1.36 bits per heavy atom. The van der Waals surface area contributed by atoms with Crippen LogP contribution >= 0.6 is 0 Å². The molecule has 0 spiro atoms. The highest BCUT2D eigenvalue weighted by molar-refractivity contribution is 5.57. The van der Waals surface area contributed by atoms with E-state index in [-0.39, 0.29) is 5.92 Å². The number of aryl methyl sites for hydroxylation is 1. The molecule has 1 aliphatic heterocycles. The summed E-state index contributed by atoms with van der Waals surface area (Å²) >= 11 is 0. The van der Waals surface area contributed by atoms with Gasteiger partial charge in [0.2, 0.25) is 5.88 Å². The minimum Gasteiger partial charge on any atom is -0.425 e. The lowest BCUT2D eigenvalue weighted by molar-refractivity contribution is 0.503. The molecule has 0 radical (unpaired) electrons. The number of benzene rings is 1. The van der Waals surface area contributed by atoms with Gasteiger partial charge in [-0.25, -0.2) is 4.98 Å². The second-order valence-electron chi connectivity index (χ2n) is 5.38. The van der Waals surface area contributed by atoms with Crippen LogP contribution in [0.2, 0.25) is 0 Å². The lowest BCUT2D eigenvalue weighted by Crippen LogP contribution is -2.23. The van der Waals surface area contributed by atoms with Crippen LogP contribution in [0.3, 0.4) is 0 Å². The molecule has 0 amide bonds. The van der Waals surface area contributed by atoms with E-state index in [4.69, 9.17) is 10.2 Å². The van der Waals surface area contributed by atoms with Gasteiger partial charge in [0.05, 0.1) is 11.6 Å². The minimum absolute atomic E-state index is 0.169. The van der Waals surface area contributed by atoms with Crippen LogP contribution in [0, 0.1) is 11.3 Å². The van der Waals surface area contributed by atoms with Crippen molar-refractivity contribution in [1.82, 2.24) is 4.98 Å². The first-order valence-electron chi connectivity index (χ1n) is 7.43. The lowest BCUT2D eigenvalue weighted by Gasteiger charge is -2.22. The molecule has 1 aliphatic rings. The highest BCUT2D eigenvalue weighted by atomic mass is 16.4. The highest BCUT2D eigenvalue weighted by Gasteiger charge is 2.32. The number of hydrogen-bond acceptors (Lipinski definition) is 5. The van der Waals surface area contributed by atoms with E-state index in [0.717, 1.165) is 24.1 Å². The van der Waals surface area contributed by atoms with Gasteiger partial charge in [-0.2, -0.15) is 5.26 Å². The maximum Gasteiger partial charge on any atom is 0.223 e. The molecule has 5 heteroatoms. The molecule has 1 aromatic heterocycles. The molecule has 1 aromatic carbocycles. The molecule has 2 aromatic rings. The van der Waals surface area contributed by atoms with E-state index in [2.05, 4.69) is 23.3 Å². The number of hydrogen-bond donors (Lipinski definition) is 2. The van der Waals surface area contributed by atoms with E-state index in [1.54, 1.807) is 0 Å². The molecule has 0 saturated heterocycles. The van der Waals surface area contributed by atoms with Gasteiger partial charge in [-0.15, -0.1) is 0 Å².